The van der Waals surface area contributed by atoms with Crippen LogP contribution >= 0.6 is 0 Å². The standard InChI is InChI=1S/C5H10.6C2H6/c1-3-5-4-2;6*1-2/h3,5H,4H2,1-2H3;6*1-2H3/b5-3-;;;;;;. The van der Waals surface area contributed by atoms with Gasteiger partial charge in [-0.25, -0.2) is 0 Å². The molecule has 0 aliphatic carbocycles. The third-order valence-corrected chi connectivity index (χ3v) is 0.471. The SMILES string of the molecule is C/C=C\CC.CC.CC.CC.CC.CC.CC. The van der Waals surface area contributed by atoms with Gasteiger partial charge in [-0.05, 0) is 13.3 Å². The van der Waals surface area contributed by atoms with Crippen molar-refractivity contribution in [2.24, 2.45) is 0 Å². The lowest BCUT2D eigenvalue weighted by atomic mass is 10.4. The first kappa shape index (κ1) is 43.7. The summed E-state index contributed by atoms with van der Waals surface area (Å²) in [5.74, 6) is 0. The van der Waals surface area contributed by atoms with Gasteiger partial charge in [0.05, 0.1) is 0 Å². The van der Waals surface area contributed by atoms with Gasteiger partial charge in [0, 0.05) is 0 Å². The van der Waals surface area contributed by atoms with E-state index in [2.05, 4.69) is 19.1 Å². The van der Waals surface area contributed by atoms with Crippen molar-refractivity contribution in [2.75, 3.05) is 0 Å². The van der Waals surface area contributed by atoms with Crippen LogP contribution in [-0.4, -0.2) is 0 Å². The molecule has 0 rings (SSSR count). The lowest BCUT2D eigenvalue weighted by Crippen LogP contribution is -1.43. The van der Waals surface area contributed by atoms with E-state index in [0.717, 1.165) is 6.42 Å². The van der Waals surface area contributed by atoms with Crippen LogP contribution in [0.1, 0.15) is 103 Å². The Bertz CT molecular complexity index is 27.0. The zero-order valence-electron chi connectivity index (χ0n) is 15.9. The molecule has 0 heterocycles. The second kappa shape index (κ2) is 456. The van der Waals surface area contributed by atoms with Crippen LogP contribution in [0.4, 0.5) is 0 Å². The number of hydrogen-bond donors (Lipinski definition) is 0. The predicted octanol–water partition coefficient (Wildman–Crippen LogP) is 8.13. The highest BCUT2D eigenvalue weighted by atomic mass is 13.6. The first-order valence-corrected chi connectivity index (χ1v) is 8.03. The molecule has 0 saturated carbocycles. The molecule has 0 bridgehead atoms. The molecule has 0 spiro atoms. The van der Waals surface area contributed by atoms with Crippen LogP contribution in [0.25, 0.3) is 0 Å². The third kappa shape index (κ3) is 981. The summed E-state index contributed by atoms with van der Waals surface area (Å²) in [5.41, 5.74) is 0. The third-order valence-electron chi connectivity index (χ3n) is 0.471. The first-order valence-electron chi connectivity index (χ1n) is 8.03. The van der Waals surface area contributed by atoms with E-state index in [1.54, 1.807) is 0 Å². The van der Waals surface area contributed by atoms with Gasteiger partial charge in [-0.15, -0.1) is 0 Å². The summed E-state index contributed by atoms with van der Waals surface area (Å²) in [5, 5.41) is 0. The highest BCUT2D eigenvalue weighted by Gasteiger charge is 1.52. The molecule has 0 unspecified atom stereocenters. The van der Waals surface area contributed by atoms with Crippen molar-refractivity contribution in [2.45, 2.75) is 103 Å². The summed E-state index contributed by atoms with van der Waals surface area (Å²) in [7, 11) is 0. The van der Waals surface area contributed by atoms with E-state index >= 15 is 0 Å². The largest absolute Gasteiger partial charge is 0.0917 e. The van der Waals surface area contributed by atoms with Crippen molar-refractivity contribution in [3.63, 3.8) is 0 Å². The van der Waals surface area contributed by atoms with Gasteiger partial charge < -0.3 is 0 Å². The molecule has 0 aromatic heterocycles. The van der Waals surface area contributed by atoms with Crippen molar-refractivity contribution in [1.29, 1.82) is 0 Å². The fraction of sp³-hybridized carbons (Fsp3) is 0.882. The normalized spacial score (nSPS) is 5.06. The summed E-state index contributed by atoms with van der Waals surface area (Å²) in [6.07, 6.45) is 5.34. The van der Waals surface area contributed by atoms with E-state index in [1.807, 2.05) is 90.0 Å². The molecule has 0 atom stereocenters. The van der Waals surface area contributed by atoms with Crippen LogP contribution in [-0.2, 0) is 0 Å². The van der Waals surface area contributed by atoms with Crippen molar-refractivity contribution in [3.8, 4) is 0 Å². The van der Waals surface area contributed by atoms with Gasteiger partial charge in [0.25, 0.3) is 0 Å². The van der Waals surface area contributed by atoms with Crippen LogP contribution in [0.5, 0.6) is 0 Å². The zero-order valence-corrected chi connectivity index (χ0v) is 15.9. The van der Waals surface area contributed by atoms with E-state index < -0.39 is 0 Å². The Morgan fingerprint density at radius 3 is 0.706 bits per heavy atom. The molecule has 17 heavy (non-hydrogen) atoms. The van der Waals surface area contributed by atoms with E-state index in [-0.39, 0.29) is 0 Å². The van der Waals surface area contributed by atoms with Crippen LogP contribution < -0.4 is 0 Å². The summed E-state index contributed by atoms with van der Waals surface area (Å²) in [4.78, 5) is 0. The fourth-order valence-corrected chi connectivity index (χ4v) is 0.236. The molecule has 0 aromatic rings. The minimum Gasteiger partial charge on any atom is -0.0917 e. The maximum Gasteiger partial charge on any atom is -0.0379 e. The molecule has 0 aliphatic heterocycles. The fourth-order valence-electron chi connectivity index (χ4n) is 0.236. The van der Waals surface area contributed by atoms with E-state index in [9.17, 15) is 0 Å². The smallest absolute Gasteiger partial charge is 0.0379 e. The van der Waals surface area contributed by atoms with Crippen molar-refractivity contribution >= 4 is 0 Å². The van der Waals surface area contributed by atoms with Crippen molar-refractivity contribution in [1.82, 2.24) is 0 Å². The summed E-state index contributed by atoms with van der Waals surface area (Å²) < 4.78 is 0. The minimum absolute atomic E-state index is 1.16. The lowest BCUT2D eigenvalue weighted by molar-refractivity contribution is 1.22. The van der Waals surface area contributed by atoms with Gasteiger partial charge in [0.2, 0.25) is 0 Å². The van der Waals surface area contributed by atoms with Crippen molar-refractivity contribution in [3.05, 3.63) is 12.2 Å². The van der Waals surface area contributed by atoms with Crippen LogP contribution in [0.2, 0.25) is 0 Å². The van der Waals surface area contributed by atoms with Gasteiger partial charge in [-0.2, -0.15) is 0 Å². The topological polar surface area (TPSA) is 0 Å². The lowest BCUT2D eigenvalue weighted by Gasteiger charge is -1.65. The second-order valence-electron chi connectivity index (χ2n) is 0.977. The molecule has 0 saturated heterocycles. The number of rotatable bonds is 1. The molecular formula is C17H46. The Balaban J connectivity index is -0.0000000147. The number of hydrogen-bond acceptors (Lipinski definition) is 0. The van der Waals surface area contributed by atoms with Gasteiger partial charge in [-0.1, -0.05) is 102 Å². The average Bonchev–Trinajstić information content (AvgIpc) is 2.52. The van der Waals surface area contributed by atoms with Crippen LogP contribution in [0.15, 0.2) is 12.2 Å². The van der Waals surface area contributed by atoms with E-state index in [1.165, 1.54) is 0 Å². The van der Waals surface area contributed by atoms with Crippen molar-refractivity contribution < 1.29 is 0 Å². The Hall–Kier alpha value is -0.260. The van der Waals surface area contributed by atoms with E-state index in [4.69, 9.17) is 0 Å². The highest BCUT2D eigenvalue weighted by Crippen LogP contribution is 1.73. The molecule has 0 heteroatoms. The quantitative estimate of drug-likeness (QED) is 0.412. The maximum atomic E-state index is 2.12. The molecule has 0 N–H and O–H groups in total. The maximum absolute atomic E-state index is 2.12. The van der Waals surface area contributed by atoms with Gasteiger partial charge in [0.15, 0.2) is 0 Å². The van der Waals surface area contributed by atoms with Crippen LogP contribution in [0.3, 0.4) is 0 Å². The molecule has 0 aliphatic rings. The molecule has 114 valence electrons. The zero-order chi connectivity index (χ0) is 16.1. The summed E-state index contributed by atoms with van der Waals surface area (Å²) >= 11 is 0. The Kier molecular flexibility index (Phi) is 1170. The highest BCUT2D eigenvalue weighted by molar-refractivity contribution is 4.73. The van der Waals surface area contributed by atoms with Gasteiger partial charge in [-0.3, -0.25) is 0 Å². The summed E-state index contributed by atoms with van der Waals surface area (Å²) in [6.45, 7) is 28.2. The Labute approximate surface area is 116 Å². The Morgan fingerprint density at radius 1 is 0.529 bits per heavy atom. The second-order valence-corrected chi connectivity index (χ2v) is 0.977. The van der Waals surface area contributed by atoms with Gasteiger partial charge >= 0.3 is 0 Å². The minimum atomic E-state index is 1.16. The molecule has 0 nitrogen and oxygen atoms in total. The average molecular weight is 251 g/mol. The Morgan fingerprint density at radius 2 is 0.706 bits per heavy atom. The molecule has 0 fully saturated rings. The van der Waals surface area contributed by atoms with E-state index in [0.29, 0.717) is 0 Å². The van der Waals surface area contributed by atoms with Gasteiger partial charge in [0.1, 0.15) is 0 Å². The van der Waals surface area contributed by atoms with Crippen LogP contribution in [0, 0.1) is 0 Å². The monoisotopic (exact) mass is 250 g/mol. The molecule has 0 radical (unpaired) electrons. The summed E-state index contributed by atoms with van der Waals surface area (Å²) in [6, 6.07) is 0. The predicted molar refractivity (Wildman–Crippen MR) is 93.2 cm³/mol. The molecule has 0 aromatic carbocycles. The molecular weight excluding hydrogens is 204 g/mol. The molecule has 0 amide bonds. The number of allylic oxidation sites excluding steroid dienone is 2. The first-order chi connectivity index (χ1) is 8.41.